The first-order chi connectivity index (χ1) is 21.7. The normalized spacial score (nSPS) is 13.4. The highest BCUT2D eigenvalue weighted by molar-refractivity contribution is 5.96. The Morgan fingerprint density at radius 2 is 1.89 bits per heavy atom. The minimum atomic E-state index is -5.03. The van der Waals surface area contributed by atoms with Gasteiger partial charge in [-0.2, -0.15) is 23.3 Å². The molecule has 242 valence electrons. The molecule has 1 unspecified atom stereocenters. The lowest BCUT2D eigenvalue weighted by molar-refractivity contribution is -0.260. The maximum Gasteiger partial charge on any atom is 0.418 e. The van der Waals surface area contributed by atoms with Crippen LogP contribution in [0.2, 0.25) is 0 Å². The Kier molecular flexibility index (Phi) is 8.76. The molecule has 1 amide bonds. The number of aliphatic hydroxyl groups is 1. The van der Waals surface area contributed by atoms with E-state index in [-0.39, 0.29) is 23.8 Å². The van der Waals surface area contributed by atoms with Crippen LogP contribution < -0.4 is 15.4 Å². The van der Waals surface area contributed by atoms with Gasteiger partial charge in [-0.05, 0) is 72.9 Å². The summed E-state index contributed by atoms with van der Waals surface area (Å²) in [6, 6.07) is 13.8. The minimum absolute atomic E-state index is 0.0652. The second-order valence-corrected chi connectivity index (χ2v) is 11.7. The zero-order chi connectivity index (χ0) is 33.3. The first kappa shape index (κ1) is 32.4. The van der Waals surface area contributed by atoms with E-state index >= 15 is 0 Å². The van der Waals surface area contributed by atoms with Crippen LogP contribution in [0.1, 0.15) is 47.6 Å². The highest BCUT2D eigenvalue weighted by atomic mass is 19.4. The van der Waals surface area contributed by atoms with Gasteiger partial charge >= 0.3 is 6.18 Å². The molecule has 0 aliphatic rings. The van der Waals surface area contributed by atoms with Crippen molar-refractivity contribution in [2.75, 3.05) is 19.0 Å². The number of carbonyl (C=O) groups excluding carboxylic acids is 1. The van der Waals surface area contributed by atoms with Gasteiger partial charge in [0.15, 0.2) is 11.4 Å². The second-order valence-electron chi connectivity index (χ2n) is 11.7. The molecule has 1 atom stereocenters. The Morgan fingerprint density at radius 3 is 2.59 bits per heavy atom. The van der Waals surface area contributed by atoms with Crippen molar-refractivity contribution in [2.24, 2.45) is 0 Å². The molecule has 5 aromatic rings. The highest BCUT2D eigenvalue weighted by Crippen LogP contribution is 2.44. The zero-order valence-electron chi connectivity index (χ0n) is 25.4. The van der Waals surface area contributed by atoms with Crippen LogP contribution in [0.4, 0.5) is 23.2 Å². The summed E-state index contributed by atoms with van der Waals surface area (Å²) in [6.07, 6.45) is -3.17. The first-order valence-electron chi connectivity index (χ1n) is 14.2. The smallest absolute Gasteiger partial charge is 0.418 e. The number of ether oxygens (including phenoxy) is 1. The number of aryl methyl sites for hydroxylation is 1. The van der Waals surface area contributed by atoms with Crippen LogP contribution in [0.5, 0.6) is 5.75 Å². The molecule has 2 heterocycles. The lowest BCUT2D eigenvalue weighted by Crippen LogP contribution is -2.53. The van der Waals surface area contributed by atoms with Crippen LogP contribution >= 0.6 is 0 Å². The molecular weight excluding hydrogens is 608 g/mol. The third kappa shape index (κ3) is 6.66. The number of aromatic nitrogens is 4. The molecule has 0 aliphatic heterocycles. The monoisotopic (exact) mass is 640 g/mol. The SMILES string of the molecule is COc1ccc(F)cc1C(C)(C)CC(O)(CNc1cc(C)cc2c1cnn2-c1cccc(C(=O)NCc2ncon2)c1)C(F)(F)F. The average molecular weight is 641 g/mol. The predicted molar refractivity (Wildman–Crippen MR) is 161 cm³/mol. The number of rotatable bonds is 11. The first-order valence-corrected chi connectivity index (χ1v) is 14.2. The van der Waals surface area contributed by atoms with Gasteiger partial charge in [0.25, 0.3) is 5.91 Å². The number of hydrogen-bond donors (Lipinski definition) is 3. The van der Waals surface area contributed by atoms with E-state index in [0.29, 0.717) is 39.2 Å². The third-order valence-electron chi connectivity index (χ3n) is 7.72. The second kappa shape index (κ2) is 12.4. The molecule has 0 saturated heterocycles. The number of carbonyl (C=O) groups is 1. The van der Waals surface area contributed by atoms with Crippen molar-refractivity contribution in [3.05, 3.63) is 95.5 Å². The molecule has 0 bridgehead atoms. The Bertz CT molecular complexity index is 1860. The van der Waals surface area contributed by atoms with Gasteiger partial charge in [0.2, 0.25) is 6.39 Å². The van der Waals surface area contributed by atoms with Crippen molar-refractivity contribution < 1.29 is 36.7 Å². The van der Waals surface area contributed by atoms with E-state index in [1.54, 1.807) is 41.9 Å². The standard InChI is InChI=1S/C32H32F4N6O4/c1-19-10-25(38-17-31(44,32(34,35)36)16-30(2,3)24-13-21(33)8-9-27(24)45-4)23-14-40-42(26(23)11-19)22-7-5-6-20(12-22)29(43)37-15-28-39-18-46-41-28/h5-14,18,38,44H,15-17H2,1-4H3,(H,37,43). The summed E-state index contributed by atoms with van der Waals surface area (Å²) in [7, 11) is 1.34. The number of amides is 1. The van der Waals surface area contributed by atoms with E-state index in [0.717, 1.165) is 18.5 Å². The van der Waals surface area contributed by atoms with Crippen molar-refractivity contribution in [1.29, 1.82) is 0 Å². The molecule has 2 aromatic heterocycles. The van der Waals surface area contributed by atoms with Crippen molar-refractivity contribution in [1.82, 2.24) is 25.2 Å². The van der Waals surface area contributed by atoms with Crippen LogP contribution in [0.25, 0.3) is 16.6 Å². The minimum Gasteiger partial charge on any atom is -0.496 e. The van der Waals surface area contributed by atoms with Crippen molar-refractivity contribution >= 4 is 22.5 Å². The van der Waals surface area contributed by atoms with E-state index in [1.807, 2.05) is 6.07 Å². The van der Waals surface area contributed by atoms with Gasteiger partial charge in [0.1, 0.15) is 11.6 Å². The number of halogens is 4. The number of anilines is 1. The van der Waals surface area contributed by atoms with E-state index in [4.69, 9.17) is 4.74 Å². The zero-order valence-corrected chi connectivity index (χ0v) is 25.4. The van der Waals surface area contributed by atoms with Gasteiger partial charge in [0.05, 0.1) is 37.6 Å². The van der Waals surface area contributed by atoms with E-state index < -0.39 is 36.0 Å². The highest BCUT2D eigenvalue weighted by Gasteiger charge is 2.56. The summed E-state index contributed by atoms with van der Waals surface area (Å²) < 4.78 is 69.2. The molecule has 0 aliphatic carbocycles. The van der Waals surface area contributed by atoms with Crippen LogP contribution in [0, 0.1) is 12.7 Å². The summed E-state index contributed by atoms with van der Waals surface area (Å²) in [5, 5.41) is 25.3. The molecule has 10 nitrogen and oxygen atoms in total. The summed E-state index contributed by atoms with van der Waals surface area (Å²) in [6.45, 7) is 3.94. The van der Waals surface area contributed by atoms with Gasteiger partial charge in [-0.3, -0.25) is 4.79 Å². The number of alkyl halides is 3. The molecular formula is C32H32F4N6O4. The topological polar surface area (TPSA) is 127 Å². The number of benzene rings is 3. The number of nitrogens with zero attached hydrogens (tertiary/aromatic N) is 4. The van der Waals surface area contributed by atoms with Gasteiger partial charge in [-0.25, -0.2) is 9.07 Å². The fraction of sp³-hybridized carbons (Fsp3) is 0.312. The fourth-order valence-corrected chi connectivity index (χ4v) is 5.47. The molecule has 3 aromatic carbocycles. The molecule has 14 heteroatoms. The Labute approximate surface area is 261 Å². The fourth-order valence-electron chi connectivity index (χ4n) is 5.47. The van der Waals surface area contributed by atoms with Gasteiger partial charge < -0.3 is 25.0 Å². The largest absolute Gasteiger partial charge is 0.496 e. The van der Waals surface area contributed by atoms with Gasteiger partial charge in [-0.15, -0.1) is 0 Å². The van der Waals surface area contributed by atoms with Crippen LogP contribution in [-0.2, 0) is 12.0 Å². The number of fused-ring (bicyclic) bond motifs is 1. The van der Waals surface area contributed by atoms with Crippen molar-refractivity contribution in [3.63, 3.8) is 0 Å². The maximum absolute atomic E-state index is 14.5. The number of nitrogens with one attached hydrogen (secondary N) is 2. The van der Waals surface area contributed by atoms with E-state index in [1.165, 1.54) is 33.2 Å². The molecule has 0 saturated carbocycles. The van der Waals surface area contributed by atoms with E-state index in [2.05, 4.69) is 30.4 Å². The van der Waals surface area contributed by atoms with Crippen LogP contribution in [0.3, 0.4) is 0 Å². The lowest BCUT2D eigenvalue weighted by Gasteiger charge is -2.38. The molecule has 0 radical (unpaired) electrons. The predicted octanol–water partition coefficient (Wildman–Crippen LogP) is 5.87. The molecule has 3 N–H and O–H groups in total. The number of methoxy groups -OCH3 is 1. The third-order valence-corrected chi connectivity index (χ3v) is 7.72. The maximum atomic E-state index is 14.5. The molecule has 0 spiro atoms. The van der Waals surface area contributed by atoms with Crippen LogP contribution in [0.15, 0.2) is 71.7 Å². The van der Waals surface area contributed by atoms with Crippen molar-refractivity contribution in [3.8, 4) is 11.4 Å². The molecule has 0 fully saturated rings. The summed E-state index contributed by atoms with van der Waals surface area (Å²) in [4.78, 5) is 16.6. The summed E-state index contributed by atoms with van der Waals surface area (Å²) in [5.74, 6) is -0.489. The van der Waals surface area contributed by atoms with E-state index in [9.17, 15) is 27.5 Å². The molecule has 46 heavy (non-hydrogen) atoms. The summed E-state index contributed by atoms with van der Waals surface area (Å²) >= 11 is 0. The quantitative estimate of drug-likeness (QED) is 0.153. The average Bonchev–Trinajstić information content (AvgIpc) is 3.68. The van der Waals surface area contributed by atoms with Gasteiger partial charge in [0, 0.05) is 22.2 Å². The Hall–Kier alpha value is -4.98. The molecule has 5 rings (SSSR count). The van der Waals surface area contributed by atoms with Crippen molar-refractivity contribution in [2.45, 2.75) is 50.9 Å². The summed E-state index contributed by atoms with van der Waals surface area (Å²) in [5.41, 5.74) is -1.88. The van der Waals surface area contributed by atoms with Gasteiger partial charge in [-0.1, -0.05) is 25.1 Å². The number of hydrogen-bond acceptors (Lipinski definition) is 8. The lowest BCUT2D eigenvalue weighted by atomic mass is 9.74. The Morgan fingerprint density at radius 1 is 1.11 bits per heavy atom. The Balaban J connectivity index is 1.42. The van der Waals surface area contributed by atoms with Crippen LogP contribution in [-0.4, -0.2) is 56.4 Å².